The number of hydrogen-bond acceptors (Lipinski definition) is 4. The molecule has 0 atom stereocenters. The van der Waals surface area contributed by atoms with Gasteiger partial charge in [0.1, 0.15) is 11.5 Å². The zero-order valence-corrected chi connectivity index (χ0v) is 16.8. The fraction of sp³-hybridized carbons (Fsp3) is 0.273. The van der Waals surface area contributed by atoms with Gasteiger partial charge in [-0.2, -0.15) is 0 Å². The van der Waals surface area contributed by atoms with Gasteiger partial charge in [-0.05, 0) is 63.6 Å². The Balaban J connectivity index is 1.76. The molecule has 7 heteroatoms. The Morgan fingerprint density at radius 2 is 1.86 bits per heavy atom. The summed E-state index contributed by atoms with van der Waals surface area (Å²) in [6, 6.07) is 10.2. The minimum absolute atomic E-state index is 0.121. The molecule has 4 rings (SSSR count). The van der Waals surface area contributed by atoms with Crippen LogP contribution in [0.25, 0.3) is 27.7 Å². The SMILES string of the molecule is Cc1cc(F)ccc1-n1nnc(-c2ccc3c(O)n(CC(C)(C)O)cc3c2)c1C. The molecule has 2 heterocycles. The summed E-state index contributed by atoms with van der Waals surface area (Å²) in [5.41, 5.74) is 3.01. The highest BCUT2D eigenvalue weighted by atomic mass is 19.1. The zero-order chi connectivity index (χ0) is 20.9. The van der Waals surface area contributed by atoms with E-state index in [9.17, 15) is 14.6 Å². The van der Waals surface area contributed by atoms with E-state index in [1.165, 1.54) is 12.1 Å². The number of fused-ring (bicyclic) bond motifs is 1. The van der Waals surface area contributed by atoms with Crippen molar-refractivity contribution in [2.24, 2.45) is 0 Å². The number of nitrogens with zero attached hydrogens (tertiary/aromatic N) is 4. The number of hydrogen-bond donors (Lipinski definition) is 2. The summed E-state index contributed by atoms with van der Waals surface area (Å²) in [6.07, 6.45) is 1.82. The number of benzene rings is 2. The van der Waals surface area contributed by atoms with E-state index in [1.807, 2.05) is 38.2 Å². The predicted octanol–water partition coefficient (Wildman–Crippen LogP) is 4.12. The standard InChI is InChI=1S/C22H23FN4O2/c1-13-9-17(23)6-8-19(13)27-14(2)20(24-25-27)15-5-7-18-16(10-15)11-26(21(18)28)12-22(3,4)29/h5-11,28-29H,12H2,1-4H3. The largest absolute Gasteiger partial charge is 0.494 e. The van der Waals surface area contributed by atoms with Gasteiger partial charge in [0.25, 0.3) is 0 Å². The first-order valence-electron chi connectivity index (χ1n) is 9.37. The van der Waals surface area contributed by atoms with Gasteiger partial charge in [-0.1, -0.05) is 11.3 Å². The second-order valence-electron chi connectivity index (χ2n) is 8.06. The van der Waals surface area contributed by atoms with Crippen LogP contribution in [0.15, 0.2) is 42.6 Å². The number of aryl methyl sites for hydroxylation is 1. The third-order valence-electron chi connectivity index (χ3n) is 4.97. The molecule has 0 unspecified atom stereocenters. The molecule has 2 aromatic carbocycles. The van der Waals surface area contributed by atoms with Crippen LogP contribution < -0.4 is 0 Å². The van der Waals surface area contributed by atoms with Crippen molar-refractivity contribution in [1.82, 2.24) is 19.6 Å². The van der Waals surface area contributed by atoms with E-state index in [4.69, 9.17) is 0 Å². The van der Waals surface area contributed by atoms with E-state index in [0.717, 1.165) is 27.9 Å². The molecule has 6 nitrogen and oxygen atoms in total. The highest BCUT2D eigenvalue weighted by molar-refractivity contribution is 5.91. The molecule has 2 N–H and O–H groups in total. The lowest BCUT2D eigenvalue weighted by atomic mass is 10.1. The van der Waals surface area contributed by atoms with Crippen molar-refractivity contribution in [2.45, 2.75) is 39.8 Å². The van der Waals surface area contributed by atoms with Crippen LogP contribution in [0, 0.1) is 19.7 Å². The second kappa shape index (κ2) is 6.70. The minimum atomic E-state index is -0.943. The van der Waals surface area contributed by atoms with Crippen LogP contribution >= 0.6 is 0 Å². The lowest BCUT2D eigenvalue weighted by Crippen LogP contribution is -2.25. The van der Waals surface area contributed by atoms with Gasteiger partial charge in [-0.15, -0.1) is 5.10 Å². The van der Waals surface area contributed by atoms with Crippen LogP contribution in [0.5, 0.6) is 5.88 Å². The Bertz CT molecular complexity index is 1220. The molecule has 2 aromatic heterocycles. The van der Waals surface area contributed by atoms with Gasteiger partial charge < -0.3 is 14.8 Å². The molecular formula is C22H23FN4O2. The van der Waals surface area contributed by atoms with Gasteiger partial charge in [0.15, 0.2) is 5.88 Å². The molecule has 0 spiro atoms. The van der Waals surface area contributed by atoms with Crippen molar-refractivity contribution in [3.8, 4) is 22.8 Å². The lowest BCUT2D eigenvalue weighted by Gasteiger charge is -2.18. The predicted molar refractivity (Wildman–Crippen MR) is 110 cm³/mol. The molecule has 0 saturated carbocycles. The fourth-order valence-corrected chi connectivity index (χ4v) is 3.62. The van der Waals surface area contributed by atoms with E-state index in [2.05, 4.69) is 10.3 Å². The van der Waals surface area contributed by atoms with Crippen molar-refractivity contribution in [3.63, 3.8) is 0 Å². The zero-order valence-electron chi connectivity index (χ0n) is 16.8. The Kier molecular flexibility index (Phi) is 4.42. The number of rotatable bonds is 4. The van der Waals surface area contributed by atoms with E-state index in [-0.39, 0.29) is 18.2 Å². The quantitative estimate of drug-likeness (QED) is 0.546. The van der Waals surface area contributed by atoms with Crippen molar-refractivity contribution in [2.75, 3.05) is 0 Å². The average molecular weight is 394 g/mol. The molecule has 150 valence electrons. The lowest BCUT2D eigenvalue weighted by molar-refractivity contribution is 0.0594. The van der Waals surface area contributed by atoms with Crippen LogP contribution in [0.1, 0.15) is 25.1 Å². The van der Waals surface area contributed by atoms with Gasteiger partial charge in [-0.3, -0.25) is 0 Å². The number of aliphatic hydroxyl groups is 1. The van der Waals surface area contributed by atoms with Crippen LogP contribution in [0.2, 0.25) is 0 Å². The Morgan fingerprint density at radius 3 is 2.55 bits per heavy atom. The topological polar surface area (TPSA) is 76.1 Å². The van der Waals surface area contributed by atoms with Crippen LogP contribution in [-0.4, -0.2) is 35.4 Å². The molecule has 4 aromatic rings. The fourth-order valence-electron chi connectivity index (χ4n) is 3.62. The normalized spacial score (nSPS) is 12.1. The van der Waals surface area contributed by atoms with Crippen LogP contribution in [0.4, 0.5) is 4.39 Å². The highest BCUT2D eigenvalue weighted by Crippen LogP contribution is 2.33. The van der Waals surface area contributed by atoms with Gasteiger partial charge in [-0.25, -0.2) is 9.07 Å². The molecular weight excluding hydrogens is 371 g/mol. The highest BCUT2D eigenvalue weighted by Gasteiger charge is 2.19. The second-order valence-corrected chi connectivity index (χ2v) is 8.06. The van der Waals surface area contributed by atoms with Crippen molar-refractivity contribution in [3.05, 3.63) is 59.7 Å². The first-order valence-corrected chi connectivity index (χ1v) is 9.37. The number of aromatic hydroxyl groups is 1. The molecule has 29 heavy (non-hydrogen) atoms. The third kappa shape index (κ3) is 3.49. The Labute approximate surface area is 167 Å². The molecule has 0 amide bonds. The van der Waals surface area contributed by atoms with E-state index >= 15 is 0 Å². The summed E-state index contributed by atoms with van der Waals surface area (Å²) in [5.74, 6) is -0.166. The first kappa shape index (κ1) is 19.1. The van der Waals surface area contributed by atoms with E-state index in [0.29, 0.717) is 11.1 Å². The molecule has 0 radical (unpaired) electrons. The van der Waals surface area contributed by atoms with Gasteiger partial charge in [0.2, 0.25) is 0 Å². The maximum absolute atomic E-state index is 13.4. The summed E-state index contributed by atoms with van der Waals surface area (Å²) >= 11 is 0. The molecule has 0 bridgehead atoms. The Hall–Kier alpha value is -3.19. The summed E-state index contributed by atoms with van der Waals surface area (Å²) in [4.78, 5) is 0. The third-order valence-corrected chi connectivity index (χ3v) is 4.97. The molecule has 0 fully saturated rings. The average Bonchev–Trinajstić information content (AvgIpc) is 3.14. The molecule has 0 saturated heterocycles. The summed E-state index contributed by atoms with van der Waals surface area (Å²) < 4.78 is 16.8. The van der Waals surface area contributed by atoms with Gasteiger partial charge in [0, 0.05) is 22.5 Å². The number of aromatic nitrogens is 4. The van der Waals surface area contributed by atoms with Crippen molar-refractivity contribution in [1.29, 1.82) is 0 Å². The maximum Gasteiger partial charge on any atom is 0.199 e. The summed E-state index contributed by atoms with van der Waals surface area (Å²) in [5, 5.41) is 30.7. The molecule has 0 aliphatic heterocycles. The smallest absolute Gasteiger partial charge is 0.199 e. The number of halogens is 1. The maximum atomic E-state index is 13.4. The Morgan fingerprint density at radius 1 is 1.10 bits per heavy atom. The van der Waals surface area contributed by atoms with E-state index in [1.54, 1.807) is 29.2 Å². The monoisotopic (exact) mass is 394 g/mol. The van der Waals surface area contributed by atoms with E-state index < -0.39 is 5.60 Å². The van der Waals surface area contributed by atoms with Crippen molar-refractivity contribution >= 4 is 10.8 Å². The first-order chi connectivity index (χ1) is 13.6. The summed E-state index contributed by atoms with van der Waals surface area (Å²) in [7, 11) is 0. The van der Waals surface area contributed by atoms with Crippen LogP contribution in [-0.2, 0) is 6.54 Å². The van der Waals surface area contributed by atoms with Crippen molar-refractivity contribution < 1.29 is 14.6 Å². The molecule has 0 aliphatic carbocycles. The van der Waals surface area contributed by atoms with Gasteiger partial charge in [0.05, 0.1) is 23.5 Å². The van der Waals surface area contributed by atoms with Gasteiger partial charge >= 0.3 is 0 Å². The molecule has 0 aliphatic rings. The van der Waals surface area contributed by atoms with Crippen LogP contribution in [0.3, 0.4) is 0 Å². The minimum Gasteiger partial charge on any atom is -0.494 e. The summed E-state index contributed by atoms with van der Waals surface area (Å²) in [6.45, 7) is 7.42.